The lowest BCUT2D eigenvalue weighted by Gasteiger charge is -2.06. The lowest BCUT2D eigenvalue weighted by atomic mass is 10.1. The van der Waals surface area contributed by atoms with Gasteiger partial charge in [-0.2, -0.15) is 0 Å². The zero-order valence-corrected chi connectivity index (χ0v) is 11.7. The average Bonchev–Trinajstić information content (AvgIpc) is 2.81. The fourth-order valence-electron chi connectivity index (χ4n) is 1.90. The summed E-state index contributed by atoms with van der Waals surface area (Å²) < 4.78 is 7.22. The molecule has 1 aromatic carbocycles. The highest BCUT2D eigenvalue weighted by atomic mass is 16.5. The van der Waals surface area contributed by atoms with Gasteiger partial charge in [0.25, 0.3) is 0 Å². The van der Waals surface area contributed by atoms with Gasteiger partial charge >= 0.3 is 5.97 Å². The molecule has 1 aromatic heterocycles. The lowest BCUT2D eigenvalue weighted by molar-refractivity contribution is 0.0699. The highest BCUT2D eigenvalue weighted by molar-refractivity contribution is 6.00. The van der Waals surface area contributed by atoms with Gasteiger partial charge in [0.2, 0.25) is 0 Å². The summed E-state index contributed by atoms with van der Waals surface area (Å²) >= 11 is 0. The number of rotatable bonds is 7. The molecule has 1 N–H and O–H groups in total. The average molecular weight is 277 g/mol. The maximum atomic E-state index is 11.1. The van der Waals surface area contributed by atoms with Gasteiger partial charge in [-0.05, 0) is 24.5 Å². The van der Waals surface area contributed by atoms with Crippen LogP contribution in [-0.4, -0.2) is 39.3 Å². The molecule has 0 saturated carbocycles. The van der Waals surface area contributed by atoms with Crippen LogP contribution < -0.4 is 0 Å². The third kappa shape index (κ3) is 3.33. The Morgan fingerprint density at radius 2 is 2.20 bits per heavy atom. The van der Waals surface area contributed by atoms with Crippen molar-refractivity contribution in [2.24, 2.45) is 5.92 Å². The van der Waals surface area contributed by atoms with Crippen molar-refractivity contribution in [3.8, 4) is 0 Å². The molecule has 0 saturated heterocycles. The van der Waals surface area contributed by atoms with Crippen LogP contribution in [0.5, 0.6) is 0 Å². The van der Waals surface area contributed by atoms with Gasteiger partial charge in [0, 0.05) is 6.61 Å². The number of carboxylic acids is 1. The predicted octanol–water partition coefficient (Wildman–Crippen LogP) is 2.19. The number of aromatic carboxylic acids is 1. The standard InChI is InChI=1S/C14H19N3O3/c1-10(2)6-8-20-9-7-17-12-5-3-4-11(14(18)19)13(12)15-16-17/h3-5,10H,6-9H2,1-2H3,(H,18,19). The Bertz CT molecular complexity index is 592. The predicted molar refractivity (Wildman–Crippen MR) is 74.8 cm³/mol. The third-order valence-electron chi connectivity index (χ3n) is 3.06. The second kappa shape index (κ2) is 6.47. The fraction of sp³-hybridized carbons (Fsp3) is 0.500. The number of ether oxygens (including phenoxy) is 1. The van der Waals surface area contributed by atoms with E-state index in [1.807, 2.05) is 6.07 Å². The minimum Gasteiger partial charge on any atom is -0.478 e. The number of hydrogen-bond acceptors (Lipinski definition) is 4. The van der Waals surface area contributed by atoms with Crippen molar-refractivity contribution >= 4 is 17.0 Å². The lowest BCUT2D eigenvalue weighted by Crippen LogP contribution is -2.09. The van der Waals surface area contributed by atoms with Crippen molar-refractivity contribution in [3.05, 3.63) is 23.8 Å². The molecule has 0 atom stereocenters. The number of fused-ring (bicyclic) bond motifs is 1. The van der Waals surface area contributed by atoms with Crippen LogP contribution in [0, 0.1) is 5.92 Å². The number of hydrogen-bond donors (Lipinski definition) is 1. The summed E-state index contributed by atoms with van der Waals surface area (Å²) in [5.74, 6) is -0.365. The molecule has 2 rings (SSSR count). The monoisotopic (exact) mass is 277 g/mol. The van der Waals surface area contributed by atoms with E-state index in [0.717, 1.165) is 18.5 Å². The number of aromatic nitrogens is 3. The van der Waals surface area contributed by atoms with Crippen LogP contribution in [0.1, 0.15) is 30.6 Å². The normalized spacial score (nSPS) is 11.3. The maximum absolute atomic E-state index is 11.1. The second-order valence-corrected chi connectivity index (χ2v) is 5.09. The molecule has 0 aliphatic rings. The largest absolute Gasteiger partial charge is 0.478 e. The van der Waals surface area contributed by atoms with Crippen LogP contribution in [0.25, 0.3) is 11.0 Å². The van der Waals surface area contributed by atoms with Gasteiger partial charge in [0.05, 0.1) is 24.2 Å². The van der Waals surface area contributed by atoms with E-state index >= 15 is 0 Å². The molecule has 0 spiro atoms. The Kier molecular flexibility index (Phi) is 4.68. The number of carboxylic acid groups (broad SMARTS) is 1. The molecule has 0 fully saturated rings. The van der Waals surface area contributed by atoms with Crippen LogP contribution >= 0.6 is 0 Å². The number of carbonyl (C=O) groups is 1. The molecular weight excluding hydrogens is 258 g/mol. The zero-order chi connectivity index (χ0) is 14.5. The van der Waals surface area contributed by atoms with E-state index in [0.29, 0.717) is 24.6 Å². The van der Waals surface area contributed by atoms with Gasteiger partial charge in [-0.25, -0.2) is 9.48 Å². The first-order chi connectivity index (χ1) is 9.59. The van der Waals surface area contributed by atoms with E-state index in [1.54, 1.807) is 10.7 Å². The van der Waals surface area contributed by atoms with Gasteiger partial charge in [-0.15, -0.1) is 5.10 Å². The van der Waals surface area contributed by atoms with Crippen molar-refractivity contribution in [2.45, 2.75) is 26.8 Å². The van der Waals surface area contributed by atoms with E-state index < -0.39 is 5.97 Å². The Labute approximate surface area is 117 Å². The molecule has 6 nitrogen and oxygen atoms in total. The van der Waals surface area contributed by atoms with Gasteiger partial charge in [0.1, 0.15) is 5.52 Å². The smallest absolute Gasteiger partial charge is 0.338 e. The van der Waals surface area contributed by atoms with Crippen LogP contribution in [0.15, 0.2) is 18.2 Å². The van der Waals surface area contributed by atoms with Crippen LogP contribution in [0.2, 0.25) is 0 Å². The minimum atomic E-state index is -0.990. The van der Waals surface area contributed by atoms with Gasteiger partial charge in [0.15, 0.2) is 0 Å². The molecule has 1 heterocycles. The quantitative estimate of drug-likeness (QED) is 0.785. The molecule has 108 valence electrons. The second-order valence-electron chi connectivity index (χ2n) is 5.09. The molecular formula is C14H19N3O3. The Morgan fingerprint density at radius 1 is 1.40 bits per heavy atom. The van der Waals surface area contributed by atoms with Crippen molar-refractivity contribution in [3.63, 3.8) is 0 Å². The first-order valence-corrected chi connectivity index (χ1v) is 6.73. The topological polar surface area (TPSA) is 77.2 Å². The highest BCUT2D eigenvalue weighted by Crippen LogP contribution is 2.15. The minimum absolute atomic E-state index is 0.175. The van der Waals surface area contributed by atoms with E-state index in [2.05, 4.69) is 24.2 Å². The zero-order valence-electron chi connectivity index (χ0n) is 11.7. The van der Waals surface area contributed by atoms with Crippen molar-refractivity contribution in [2.75, 3.05) is 13.2 Å². The van der Waals surface area contributed by atoms with E-state index in [9.17, 15) is 4.79 Å². The molecule has 0 radical (unpaired) electrons. The van der Waals surface area contributed by atoms with E-state index in [4.69, 9.17) is 9.84 Å². The molecule has 0 unspecified atom stereocenters. The SMILES string of the molecule is CC(C)CCOCCn1nnc2c(C(=O)O)cccc21. The van der Waals surface area contributed by atoms with Gasteiger partial charge in [-0.3, -0.25) is 0 Å². The Balaban J connectivity index is 2.01. The molecule has 0 bridgehead atoms. The Morgan fingerprint density at radius 3 is 2.90 bits per heavy atom. The number of nitrogens with zero attached hydrogens (tertiary/aromatic N) is 3. The summed E-state index contributed by atoms with van der Waals surface area (Å²) in [5.41, 5.74) is 1.31. The molecule has 2 aromatic rings. The van der Waals surface area contributed by atoms with Crippen LogP contribution in [0.4, 0.5) is 0 Å². The Hall–Kier alpha value is -1.95. The van der Waals surface area contributed by atoms with Crippen LogP contribution in [0.3, 0.4) is 0 Å². The summed E-state index contributed by atoms with van der Waals surface area (Å²) in [6.07, 6.45) is 1.03. The molecule has 20 heavy (non-hydrogen) atoms. The van der Waals surface area contributed by atoms with Crippen LogP contribution in [-0.2, 0) is 11.3 Å². The van der Waals surface area contributed by atoms with E-state index in [-0.39, 0.29) is 5.56 Å². The summed E-state index contributed by atoms with van der Waals surface area (Å²) in [7, 11) is 0. The third-order valence-corrected chi connectivity index (χ3v) is 3.06. The summed E-state index contributed by atoms with van der Waals surface area (Å²) in [4.78, 5) is 11.1. The molecule has 0 aliphatic heterocycles. The summed E-state index contributed by atoms with van der Waals surface area (Å²) in [5, 5.41) is 17.0. The fourth-order valence-corrected chi connectivity index (χ4v) is 1.90. The van der Waals surface area contributed by atoms with E-state index in [1.165, 1.54) is 6.07 Å². The first-order valence-electron chi connectivity index (χ1n) is 6.73. The maximum Gasteiger partial charge on any atom is 0.338 e. The molecule has 0 aliphatic carbocycles. The summed E-state index contributed by atoms with van der Waals surface area (Å²) in [6, 6.07) is 5.05. The summed E-state index contributed by atoms with van der Waals surface area (Å²) in [6.45, 7) is 6.15. The first kappa shape index (κ1) is 14.5. The van der Waals surface area contributed by atoms with Crippen molar-refractivity contribution < 1.29 is 14.6 Å². The number of benzene rings is 1. The molecule has 6 heteroatoms. The van der Waals surface area contributed by atoms with Gasteiger partial charge < -0.3 is 9.84 Å². The van der Waals surface area contributed by atoms with Crippen molar-refractivity contribution in [1.82, 2.24) is 15.0 Å². The highest BCUT2D eigenvalue weighted by Gasteiger charge is 2.13. The van der Waals surface area contributed by atoms with Gasteiger partial charge in [-0.1, -0.05) is 25.1 Å². The van der Waals surface area contributed by atoms with Crippen molar-refractivity contribution in [1.29, 1.82) is 0 Å². The molecule has 0 amide bonds.